The lowest BCUT2D eigenvalue weighted by molar-refractivity contribution is 0.434. The summed E-state index contributed by atoms with van der Waals surface area (Å²) in [5.74, 6) is 0.277. The molecule has 0 aliphatic rings. The van der Waals surface area contributed by atoms with E-state index in [1.807, 2.05) is 52.0 Å². The molecule has 24 heavy (non-hydrogen) atoms. The zero-order valence-electron chi connectivity index (χ0n) is 14.6. The van der Waals surface area contributed by atoms with Crippen LogP contribution in [-0.4, -0.2) is 14.3 Å². The Morgan fingerprint density at radius 1 is 1.33 bits per heavy atom. The van der Waals surface area contributed by atoms with Gasteiger partial charge in [-0.1, -0.05) is 17.3 Å². The summed E-state index contributed by atoms with van der Waals surface area (Å²) in [4.78, 5) is 12.5. The third-order valence-electron chi connectivity index (χ3n) is 4.42. The fourth-order valence-electron chi connectivity index (χ4n) is 3.01. The summed E-state index contributed by atoms with van der Waals surface area (Å²) < 4.78 is 8.64. The predicted molar refractivity (Wildman–Crippen MR) is 96.8 cm³/mol. The minimum Gasteiger partial charge on any atom is -0.367 e. The second-order valence-corrected chi connectivity index (χ2v) is 6.25. The number of fused-ring (bicyclic) bond motifs is 1. The highest BCUT2D eigenvalue weighted by molar-refractivity contribution is 5.89. The summed E-state index contributed by atoms with van der Waals surface area (Å²) in [6.45, 7) is 7.91. The highest BCUT2D eigenvalue weighted by Crippen LogP contribution is 2.35. The Morgan fingerprint density at radius 2 is 2.04 bits per heavy atom. The summed E-state index contributed by atoms with van der Waals surface area (Å²) in [5.41, 5.74) is 11.1. The Bertz CT molecular complexity index is 1000. The van der Waals surface area contributed by atoms with Crippen LogP contribution in [0.3, 0.4) is 0 Å². The number of nitrogens with two attached hydrogens (primary N) is 1. The lowest BCUT2D eigenvalue weighted by Gasteiger charge is -2.07. The lowest BCUT2D eigenvalue weighted by atomic mass is 10.0. The van der Waals surface area contributed by atoms with Gasteiger partial charge in [-0.25, -0.2) is 4.79 Å². The van der Waals surface area contributed by atoms with Crippen LogP contribution in [0.5, 0.6) is 0 Å². The van der Waals surface area contributed by atoms with Crippen molar-refractivity contribution in [2.45, 2.75) is 33.7 Å². The van der Waals surface area contributed by atoms with E-state index in [-0.39, 0.29) is 17.6 Å². The molecule has 0 aliphatic heterocycles. The van der Waals surface area contributed by atoms with E-state index in [1.165, 1.54) is 0 Å². The molecule has 2 aromatic heterocycles. The van der Waals surface area contributed by atoms with Crippen LogP contribution < -0.4 is 11.4 Å². The van der Waals surface area contributed by atoms with Crippen molar-refractivity contribution in [3.05, 3.63) is 40.5 Å². The Hall–Kier alpha value is -2.76. The maximum atomic E-state index is 12.5. The van der Waals surface area contributed by atoms with Crippen molar-refractivity contribution in [3.63, 3.8) is 0 Å². The van der Waals surface area contributed by atoms with Gasteiger partial charge in [0, 0.05) is 13.1 Å². The first-order valence-electron chi connectivity index (χ1n) is 7.96. The molecule has 2 heterocycles. The van der Waals surface area contributed by atoms with Gasteiger partial charge in [-0.3, -0.25) is 9.13 Å². The second-order valence-electron chi connectivity index (χ2n) is 6.25. The number of nitrogens with zero attached hydrogens (tertiary/aromatic N) is 3. The second kappa shape index (κ2) is 5.70. The number of benzene rings is 1. The van der Waals surface area contributed by atoms with Gasteiger partial charge in [-0.05, 0) is 51.0 Å². The zero-order chi connectivity index (χ0) is 17.6. The Labute approximate surface area is 140 Å². The molecule has 0 saturated heterocycles. The normalized spacial score (nSPS) is 12.5. The molecule has 0 fully saturated rings. The number of hydrogen-bond donors (Lipinski definition) is 1. The van der Waals surface area contributed by atoms with Crippen LogP contribution in [0.15, 0.2) is 33.6 Å². The largest absolute Gasteiger partial charge is 0.367 e. The molecule has 0 saturated carbocycles. The average molecular weight is 326 g/mol. The summed E-state index contributed by atoms with van der Waals surface area (Å²) >= 11 is 0. The minimum absolute atomic E-state index is 0.0275. The van der Waals surface area contributed by atoms with Crippen molar-refractivity contribution in [3.8, 4) is 11.1 Å². The number of nitrogen functional groups attached to an aromatic ring is 1. The molecule has 6 heteroatoms. The van der Waals surface area contributed by atoms with Crippen LogP contribution in [0.4, 0.5) is 5.88 Å². The standard InChI is InChI=1S/C18H22N4O2/c1-6-11(4)16-15(17(19)24-20-16)12-7-8-13-14(9-12)21(5)18(23)22(13)10(2)3/h6-10H,19H2,1-5H3/b11-6+. The molecule has 3 rings (SSSR count). The zero-order valence-corrected chi connectivity index (χ0v) is 14.6. The molecule has 0 aliphatic carbocycles. The third kappa shape index (κ3) is 2.26. The van der Waals surface area contributed by atoms with E-state index < -0.39 is 0 Å². The van der Waals surface area contributed by atoms with Crippen LogP contribution in [0.2, 0.25) is 0 Å². The van der Waals surface area contributed by atoms with E-state index in [0.717, 1.165) is 33.4 Å². The first-order valence-corrected chi connectivity index (χ1v) is 7.96. The summed E-state index contributed by atoms with van der Waals surface area (Å²) in [7, 11) is 1.78. The highest BCUT2D eigenvalue weighted by Gasteiger charge is 2.19. The van der Waals surface area contributed by atoms with Crippen molar-refractivity contribution < 1.29 is 4.52 Å². The topological polar surface area (TPSA) is 79.0 Å². The maximum Gasteiger partial charge on any atom is 0.329 e. The van der Waals surface area contributed by atoms with E-state index >= 15 is 0 Å². The molecular formula is C18H22N4O2. The van der Waals surface area contributed by atoms with Crippen LogP contribution in [0, 0.1) is 0 Å². The van der Waals surface area contributed by atoms with E-state index in [0.29, 0.717) is 0 Å². The van der Waals surface area contributed by atoms with Crippen molar-refractivity contribution >= 4 is 22.5 Å². The molecule has 0 radical (unpaired) electrons. The summed E-state index contributed by atoms with van der Waals surface area (Å²) in [5, 5.41) is 4.07. The van der Waals surface area contributed by atoms with Gasteiger partial charge in [0.15, 0.2) is 0 Å². The first kappa shape index (κ1) is 16.1. The average Bonchev–Trinajstić information content (AvgIpc) is 3.05. The van der Waals surface area contributed by atoms with Crippen LogP contribution >= 0.6 is 0 Å². The fraction of sp³-hybridized carbons (Fsp3) is 0.333. The molecule has 3 aromatic rings. The minimum atomic E-state index is -0.0275. The SMILES string of the molecule is C/C=C(\C)c1noc(N)c1-c1ccc2c(c1)n(C)c(=O)n2C(C)C. The molecule has 0 atom stereocenters. The van der Waals surface area contributed by atoms with Gasteiger partial charge in [0.2, 0.25) is 5.88 Å². The van der Waals surface area contributed by atoms with Gasteiger partial charge in [-0.15, -0.1) is 0 Å². The maximum absolute atomic E-state index is 12.5. The number of rotatable bonds is 3. The van der Waals surface area contributed by atoms with Crippen molar-refractivity contribution in [2.24, 2.45) is 7.05 Å². The predicted octanol–water partition coefficient (Wildman–Crippen LogP) is 3.58. The summed E-state index contributed by atoms with van der Waals surface area (Å²) in [6, 6.07) is 5.96. The number of imidazole rings is 1. The van der Waals surface area contributed by atoms with Gasteiger partial charge in [-0.2, -0.15) is 0 Å². The molecule has 0 spiro atoms. The van der Waals surface area contributed by atoms with Gasteiger partial charge in [0.1, 0.15) is 5.69 Å². The Balaban J connectivity index is 2.30. The smallest absolute Gasteiger partial charge is 0.329 e. The van der Waals surface area contributed by atoms with Gasteiger partial charge in [0.05, 0.1) is 16.6 Å². The monoisotopic (exact) mass is 326 g/mol. The van der Waals surface area contributed by atoms with E-state index in [9.17, 15) is 4.79 Å². The van der Waals surface area contributed by atoms with Gasteiger partial charge in [0.25, 0.3) is 0 Å². The van der Waals surface area contributed by atoms with E-state index in [1.54, 1.807) is 16.2 Å². The molecule has 1 aromatic carbocycles. The Kier molecular flexibility index (Phi) is 3.83. The number of hydrogen-bond acceptors (Lipinski definition) is 4. The van der Waals surface area contributed by atoms with E-state index in [4.69, 9.17) is 10.3 Å². The quantitative estimate of drug-likeness (QED) is 0.798. The first-order chi connectivity index (χ1) is 11.4. The summed E-state index contributed by atoms with van der Waals surface area (Å²) in [6.07, 6.45) is 1.96. The van der Waals surface area contributed by atoms with Crippen molar-refractivity contribution in [1.29, 1.82) is 0 Å². The van der Waals surface area contributed by atoms with Gasteiger partial charge >= 0.3 is 5.69 Å². The van der Waals surface area contributed by atoms with Crippen LogP contribution in [0.1, 0.15) is 39.4 Å². The van der Waals surface area contributed by atoms with Gasteiger partial charge < -0.3 is 10.3 Å². The van der Waals surface area contributed by atoms with Crippen LogP contribution in [0.25, 0.3) is 27.7 Å². The highest BCUT2D eigenvalue weighted by atomic mass is 16.5. The fourth-order valence-corrected chi connectivity index (χ4v) is 3.01. The molecule has 2 N–H and O–H groups in total. The number of aromatic nitrogens is 3. The number of allylic oxidation sites excluding steroid dienone is 2. The third-order valence-corrected chi connectivity index (χ3v) is 4.42. The van der Waals surface area contributed by atoms with Crippen LogP contribution in [-0.2, 0) is 7.05 Å². The number of aryl methyl sites for hydroxylation is 1. The molecule has 0 unspecified atom stereocenters. The molecule has 0 amide bonds. The molecule has 0 bridgehead atoms. The number of anilines is 1. The Morgan fingerprint density at radius 3 is 2.67 bits per heavy atom. The molecular weight excluding hydrogens is 304 g/mol. The molecule has 6 nitrogen and oxygen atoms in total. The lowest BCUT2D eigenvalue weighted by Crippen LogP contribution is -2.23. The van der Waals surface area contributed by atoms with Crippen molar-refractivity contribution in [1.82, 2.24) is 14.3 Å². The van der Waals surface area contributed by atoms with E-state index in [2.05, 4.69) is 5.16 Å². The van der Waals surface area contributed by atoms with Crippen molar-refractivity contribution in [2.75, 3.05) is 5.73 Å². The molecule has 126 valence electrons.